The van der Waals surface area contributed by atoms with Crippen LogP contribution >= 0.6 is 0 Å². The number of allylic oxidation sites excluding steroid dienone is 1. The minimum atomic E-state index is 0.502. The van der Waals surface area contributed by atoms with Crippen molar-refractivity contribution >= 4 is 0 Å². The fourth-order valence-electron chi connectivity index (χ4n) is 1.60. The zero-order chi connectivity index (χ0) is 11.8. The topological polar surface area (TPSA) is 12.0 Å². The van der Waals surface area contributed by atoms with E-state index >= 15 is 0 Å². The average molecular weight is 217 g/mol. The Morgan fingerprint density at radius 1 is 1.12 bits per heavy atom. The second-order valence-corrected chi connectivity index (χ2v) is 4.68. The zero-order valence-electron chi connectivity index (χ0n) is 10.6. The number of rotatable bonds is 6. The molecule has 1 aromatic rings. The van der Waals surface area contributed by atoms with Gasteiger partial charge in [0, 0.05) is 6.54 Å². The summed E-state index contributed by atoms with van der Waals surface area (Å²) in [6.07, 6.45) is 4.49. The Balaban J connectivity index is 2.29. The summed E-state index contributed by atoms with van der Waals surface area (Å²) in [5.74, 6) is 1.22. The second kappa shape index (κ2) is 7.24. The molecule has 0 amide bonds. The van der Waals surface area contributed by atoms with Gasteiger partial charge in [0.15, 0.2) is 0 Å². The molecule has 1 N–H and O–H groups in total. The van der Waals surface area contributed by atoms with Gasteiger partial charge in [-0.3, -0.25) is 0 Å². The van der Waals surface area contributed by atoms with Gasteiger partial charge < -0.3 is 5.32 Å². The molecule has 88 valence electrons. The minimum absolute atomic E-state index is 0.502. The molecule has 1 heteroatoms. The summed E-state index contributed by atoms with van der Waals surface area (Å²) in [5.41, 5.74) is 1.38. The first kappa shape index (κ1) is 13.0. The second-order valence-electron chi connectivity index (χ2n) is 4.68. The van der Waals surface area contributed by atoms with Crippen molar-refractivity contribution in [2.24, 2.45) is 5.92 Å². The van der Waals surface area contributed by atoms with Crippen molar-refractivity contribution in [3.8, 4) is 0 Å². The number of hydrogen-bond acceptors (Lipinski definition) is 1. The highest BCUT2D eigenvalue weighted by atomic mass is 14.8. The van der Waals surface area contributed by atoms with Gasteiger partial charge in [-0.25, -0.2) is 0 Å². The van der Waals surface area contributed by atoms with E-state index in [0.717, 1.165) is 19.0 Å². The molecule has 1 aromatic carbocycles. The monoisotopic (exact) mass is 217 g/mol. The molecule has 0 saturated carbocycles. The summed E-state index contributed by atoms with van der Waals surface area (Å²) < 4.78 is 0. The molecule has 1 atom stereocenters. The van der Waals surface area contributed by atoms with Crippen LogP contribution in [0.5, 0.6) is 0 Å². The van der Waals surface area contributed by atoms with E-state index in [2.05, 4.69) is 68.6 Å². The molecular formula is C15H23N. The molecule has 0 aliphatic rings. The standard InChI is InChI=1S/C15H23N/c1-13(2)12-16-11-7-8-14(3)15-9-5-4-6-10-15/h4-10,13-14,16H,11-12H2,1-3H3/b8-7+. The molecule has 0 saturated heterocycles. The third kappa shape index (κ3) is 5.13. The van der Waals surface area contributed by atoms with Crippen LogP contribution < -0.4 is 5.32 Å². The van der Waals surface area contributed by atoms with Crippen LogP contribution in [-0.4, -0.2) is 13.1 Å². The van der Waals surface area contributed by atoms with Crippen LogP contribution in [0.1, 0.15) is 32.3 Å². The van der Waals surface area contributed by atoms with Gasteiger partial charge in [-0.15, -0.1) is 0 Å². The fraction of sp³-hybridized carbons (Fsp3) is 0.467. The van der Waals surface area contributed by atoms with E-state index in [1.807, 2.05) is 0 Å². The lowest BCUT2D eigenvalue weighted by Gasteiger charge is -2.07. The van der Waals surface area contributed by atoms with Crippen LogP contribution in [0.4, 0.5) is 0 Å². The zero-order valence-corrected chi connectivity index (χ0v) is 10.6. The summed E-state index contributed by atoms with van der Waals surface area (Å²) in [4.78, 5) is 0. The Morgan fingerprint density at radius 3 is 2.44 bits per heavy atom. The first-order valence-electron chi connectivity index (χ1n) is 6.12. The largest absolute Gasteiger partial charge is 0.313 e. The van der Waals surface area contributed by atoms with E-state index in [1.54, 1.807) is 0 Å². The fourth-order valence-corrected chi connectivity index (χ4v) is 1.60. The number of benzene rings is 1. The van der Waals surface area contributed by atoms with Gasteiger partial charge in [0.05, 0.1) is 0 Å². The summed E-state index contributed by atoms with van der Waals surface area (Å²) in [5, 5.41) is 3.40. The van der Waals surface area contributed by atoms with E-state index in [9.17, 15) is 0 Å². The molecule has 0 radical (unpaired) electrons. The quantitative estimate of drug-likeness (QED) is 0.567. The molecule has 0 bridgehead atoms. The summed E-state index contributed by atoms with van der Waals surface area (Å²) >= 11 is 0. The highest BCUT2D eigenvalue weighted by Gasteiger charge is 1.98. The first-order valence-corrected chi connectivity index (χ1v) is 6.12. The Hall–Kier alpha value is -1.08. The van der Waals surface area contributed by atoms with E-state index in [4.69, 9.17) is 0 Å². The smallest absolute Gasteiger partial charge is 0.0135 e. The van der Waals surface area contributed by atoms with Crippen LogP contribution in [0.2, 0.25) is 0 Å². The van der Waals surface area contributed by atoms with Gasteiger partial charge in [-0.1, -0.05) is 63.3 Å². The van der Waals surface area contributed by atoms with Crippen LogP contribution in [0.15, 0.2) is 42.5 Å². The predicted octanol–water partition coefficient (Wildman–Crippen LogP) is 3.59. The maximum absolute atomic E-state index is 3.40. The highest BCUT2D eigenvalue weighted by molar-refractivity contribution is 5.22. The molecule has 1 nitrogen and oxygen atoms in total. The molecule has 0 aliphatic carbocycles. The SMILES string of the molecule is CC(C)CNC/C=C/C(C)c1ccccc1. The van der Waals surface area contributed by atoms with Crippen molar-refractivity contribution in [3.63, 3.8) is 0 Å². The third-order valence-electron chi connectivity index (χ3n) is 2.56. The van der Waals surface area contributed by atoms with E-state index < -0.39 is 0 Å². The summed E-state index contributed by atoms with van der Waals surface area (Å²) in [6, 6.07) is 10.6. The normalized spacial score (nSPS) is 13.5. The molecule has 0 aliphatic heterocycles. The Bertz CT molecular complexity index is 300. The molecule has 0 aromatic heterocycles. The van der Waals surface area contributed by atoms with Crippen molar-refractivity contribution in [2.75, 3.05) is 13.1 Å². The van der Waals surface area contributed by atoms with Crippen molar-refractivity contribution in [1.29, 1.82) is 0 Å². The lowest BCUT2D eigenvalue weighted by Crippen LogP contribution is -2.19. The van der Waals surface area contributed by atoms with Gasteiger partial charge in [0.2, 0.25) is 0 Å². The van der Waals surface area contributed by atoms with Gasteiger partial charge in [0.25, 0.3) is 0 Å². The molecule has 16 heavy (non-hydrogen) atoms. The summed E-state index contributed by atoms with van der Waals surface area (Å²) in [7, 11) is 0. The maximum Gasteiger partial charge on any atom is 0.0135 e. The number of hydrogen-bond donors (Lipinski definition) is 1. The van der Waals surface area contributed by atoms with Gasteiger partial charge in [0.1, 0.15) is 0 Å². The van der Waals surface area contributed by atoms with E-state index in [0.29, 0.717) is 5.92 Å². The molecule has 0 heterocycles. The van der Waals surface area contributed by atoms with Crippen molar-refractivity contribution in [1.82, 2.24) is 5.32 Å². The average Bonchev–Trinajstić information content (AvgIpc) is 2.29. The number of nitrogens with one attached hydrogen (secondary N) is 1. The van der Waals surface area contributed by atoms with Gasteiger partial charge in [-0.05, 0) is 23.9 Å². The van der Waals surface area contributed by atoms with Crippen LogP contribution in [0.25, 0.3) is 0 Å². The first-order chi connectivity index (χ1) is 7.70. The Labute approximate surface area is 99.6 Å². The molecular weight excluding hydrogens is 194 g/mol. The lowest BCUT2D eigenvalue weighted by atomic mass is 10.0. The molecule has 1 unspecified atom stereocenters. The minimum Gasteiger partial charge on any atom is -0.313 e. The Morgan fingerprint density at radius 2 is 1.81 bits per heavy atom. The van der Waals surface area contributed by atoms with Crippen molar-refractivity contribution in [3.05, 3.63) is 48.0 Å². The van der Waals surface area contributed by atoms with E-state index in [1.165, 1.54) is 5.56 Å². The van der Waals surface area contributed by atoms with Crippen LogP contribution in [-0.2, 0) is 0 Å². The van der Waals surface area contributed by atoms with Crippen LogP contribution in [0.3, 0.4) is 0 Å². The Kier molecular flexibility index (Phi) is 5.87. The maximum atomic E-state index is 3.40. The molecule has 0 fully saturated rings. The molecule has 0 spiro atoms. The van der Waals surface area contributed by atoms with Crippen LogP contribution in [0, 0.1) is 5.92 Å². The predicted molar refractivity (Wildman–Crippen MR) is 71.7 cm³/mol. The molecule has 1 rings (SSSR count). The van der Waals surface area contributed by atoms with Gasteiger partial charge >= 0.3 is 0 Å². The third-order valence-corrected chi connectivity index (χ3v) is 2.56. The lowest BCUT2D eigenvalue weighted by molar-refractivity contribution is 0.576. The highest BCUT2D eigenvalue weighted by Crippen LogP contribution is 2.15. The van der Waals surface area contributed by atoms with Crippen molar-refractivity contribution in [2.45, 2.75) is 26.7 Å². The van der Waals surface area contributed by atoms with Gasteiger partial charge in [-0.2, -0.15) is 0 Å². The van der Waals surface area contributed by atoms with Crippen molar-refractivity contribution < 1.29 is 0 Å². The summed E-state index contributed by atoms with van der Waals surface area (Å²) in [6.45, 7) is 8.74. The van der Waals surface area contributed by atoms with E-state index in [-0.39, 0.29) is 0 Å².